The summed E-state index contributed by atoms with van der Waals surface area (Å²) in [5.74, 6) is 1.11. The lowest BCUT2D eigenvalue weighted by Gasteiger charge is -2.35. The smallest absolute Gasteiger partial charge is 0.270 e. The van der Waals surface area contributed by atoms with Crippen LogP contribution in [0.5, 0.6) is 0 Å². The number of carbonyl (C=O) groups is 1. The molecular formula is C24H23N7O. The van der Waals surface area contributed by atoms with Crippen molar-refractivity contribution >= 4 is 17.7 Å². The molecule has 5 rings (SSSR count). The molecule has 4 aromatic rings. The molecule has 0 atom stereocenters. The SMILES string of the molecule is Nc1ncc(-c2ccccc2)c(-c2c[nH]c(C(=O)N3CCN(c4ccccn4)CC3)c2)n1. The first-order chi connectivity index (χ1) is 15.7. The second-order valence-corrected chi connectivity index (χ2v) is 7.63. The second kappa shape index (κ2) is 8.50. The van der Waals surface area contributed by atoms with Gasteiger partial charge in [-0.3, -0.25) is 4.79 Å². The van der Waals surface area contributed by atoms with Gasteiger partial charge >= 0.3 is 0 Å². The van der Waals surface area contributed by atoms with E-state index in [9.17, 15) is 4.79 Å². The van der Waals surface area contributed by atoms with Crippen molar-refractivity contribution in [3.8, 4) is 22.4 Å². The van der Waals surface area contributed by atoms with Crippen LogP contribution in [0.4, 0.5) is 11.8 Å². The van der Waals surface area contributed by atoms with Crippen LogP contribution in [-0.2, 0) is 0 Å². The summed E-state index contributed by atoms with van der Waals surface area (Å²) >= 11 is 0. The van der Waals surface area contributed by atoms with Gasteiger partial charge in [0.05, 0.1) is 5.69 Å². The van der Waals surface area contributed by atoms with Gasteiger partial charge in [0.2, 0.25) is 5.95 Å². The topological polar surface area (TPSA) is 104 Å². The van der Waals surface area contributed by atoms with Gasteiger partial charge in [-0.1, -0.05) is 36.4 Å². The molecule has 1 fully saturated rings. The average molecular weight is 425 g/mol. The van der Waals surface area contributed by atoms with E-state index in [0.29, 0.717) is 24.5 Å². The maximum atomic E-state index is 13.1. The Hall–Kier alpha value is -4.20. The predicted octanol–water partition coefficient (Wildman–Crippen LogP) is 3.08. The Morgan fingerprint density at radius 2 is 1.72 bits per heavy atom. The number of hydrogen-bond donors (Lipinski definition) is 2. The summed E-state index contributed by atoms with van der Waals surface area (Å²) in [5, 5.41) is 0. The number of nitrogen functional groups attached to an aromatic ring is 1. The number of nitrogens with one attached hydrogen (secondary N) is 1. The molecule has 0 unspecified atom stereocenters. The molecule has 3 aromatic heterocycles. The van der Waals surface area contributed by atoms with E-state index in [1.165, 1.54) is 0 Å². The number of rotatable bonds is 4. The summed E-state index contributed by atoms with van der Waals surface area (Å²) in [4.78, 5) is 33.3. The van der Waals surface area contributed by atoms with E-state index in [2.05, 4.69) is 24.8 Å². The first kappa shape index (κ1) is 19.7. The highest BCUT2D eigenvalue weighted by Crippen LogP contribution is 2.31. The molecule has 0 saturated carbocycles. The van der Waals surface area contributed by atoms with E-state index in [0.717, 1.165) is 35.6 Å². The highest BCUT2D eigenvalue weighted by molar-refractivity contribution is 5.95. The van der Waals surface area contributed by atoms with Crippen LogP contribution in [0.15, 0.2) is 73.2 Å². The minimum absolute atomic E-state index is 0.0276. The average Bonchev–Trinajstić information content (AvgIpc) is 3.35. The van der Waals surface area contributed by atoms with E-state index in [4.69, 9.17) is 5.73 Å². The Bertz CT molecular complexity index is 1220. The number of pyridine rings is 1. The Balaban J connectivity index is 1.35. The van der Waals surface area contributed by atoms with Gasteiger partial charge in [-0.25, -0.2) is 15.0 Å². The Kier molecular flexibility index (Phi) is 5.25. The van der Waals surface area contributed by atoms with Gasteiger partial charge in [0.15, 0.2) is 0 Å². The maximum absolute atomic E-state index is 13.1. The summed E-state index contributed by atoms with van der Waals surface area (Å²) in [6, 6.07) is 17.6. The summed E-state index contributed by atoms with van der Waals surface area (Å²) in [7, 11) is 0. The number of nitrogens with zero attached hydrogens (tertiary/aromatic N) is 5. The Morgan fingerprint density at radius 3 is 2.47 bits per heavy atom. The van der Waals surface area contributed by atoms with E-state index in [1.807, 2.05) is 59.5 Å². The van der Waals surface area contributed by atoms with Gasteiger partial charge in [-0.15, -0.1) is 0 Å². The fourth-order valence-corrected chi connectivity index (χ4v) is 3.95. The van der Waals surface area contributed by atoms with Gasteiger partial charge in [0.1, 0.15) is 11.5 Å². The lowest BCUT2D eigenvalue weighted by atomic mass is 10.0. The first-order valence-corrected chi connectivity index (χ1v) is 10.5. The largest absolute Gasteiger partial charge is 0.368 e. The maximum Gasteiger partial charge on any atom is 0.270 e. The molecule has 8 nitrogen and oxygen atoms in total. The molecular weight excluding hydrogens is 402 g/mol. The third kappa shape index (κ3) is 3.90. The van der Waals surface area contributed by atoms with Crippen molar-refractivity contribution in [3.63, 3.8) is 0 Å². The van der Waals surface area contributed by atoms with Crippen molar-refractivity contribution in [2.75, 3.05) is 36.8 Å². The highest BCUT2D eigenvalue weighted by Gasteiger charge is 2.24. The minimum atomic E-state index is -0.0276. The van der Waals surface area contributed by atoms with Crippen LogP contribution in [0.3, 0.4) is 0 Å². The number of aromatic nitrogens is 4. The lowest BCUT2D eigenvalue weighted by molar-refractivity contribution is 0.0741. The monoisotopic (exact) mass is 425 g/mol. The van der Waals surface area contributed by atoms with E-state index in [1.54, 1.807) is 18.6 Å². The van der Waals surface area contributed by atoms with Crippen molar-refractivity contribution in [2.45, 2.75) is 0 Å². The van der Waals surface area contributed by atoms with Crippen molar-refractivity contribution in [3.05, 3.63) is 78.9 Å². The molecule has 1 aliphatic rings. The van der Waals surface area contributed by atoms with Crippen LogP contribution in [0.2, 0.25) is 0 Å². The number of nitrogens with two attached hydrogens (primary N) is 1. The van der Waals surface area contributed by atoms with Crippen LogP contribution in [0, 0.1) is 0 Å². The molecule has 0 bridgehead atoms. The number of H-pyrrole nitrogens is 1. The summed E-state index contributed by atoms with van der Waals surface area (Å²) in [5.41, 5.74) is 9.74. The molecule has 1 aromatic carbocycles. The molecule has 1 aliphatic heterocycles. The molecule has 0 spiro atoms. The zero-order valence-electron chi connectivity index (χ0n) is 17.5. The lowest BCUT2D eigenvalue weighted by Crippen LogP contribution is -2.49. The fourth-order valence-electron chi connectivity index (χ4n) is 3.95. The number of anilines is 2. The van der Waals surface area contributed by atoms with Crippen molar-refractivity contribution in [1.82, 2.24) is 24.8 Å². The van der Waals surface area contributed by atoms with Crippen LogP contribution in [-0.4, -0.2) is 56.9 Å². The standard InChI is InChI=1S/C24H23N7O/c25-24-28-16-19(17-6-2-1-3-7-17)22(29-24)18-14-20(27-15-18)23(32)31-12-10-30(11-13-31)21-8-4-5-9-26-21/h1-9,14-16,27H,10-13H2,(H2,25,28,29). The highest BCUT2D eigenvalue weighted by atomic mass is 16.2. The zero-order valence-corrected chi connectivity index (χ0v) is 17.5. The molecule has 8 heteroatoms. The molecule has 1 saturated heterocycles. The zero-order chi connectivity index (χ0) is 21.9. The number of aromatic amines is 1. The van der Waals surface area contributed by atoms with E-state index >= 15 is 0 Å². The van der Waals surface area contributed by atoms with E-state index < -0.39 is 0 Å². The molecule has 32 heavy (non-hydrogen) atoms. The normalized spacial score (nSPS) is 13.9. The molecule has 0 aliphatic carbocycles. The number of carbonyl (C=O) groups excluding carboxylic acids is 1. The van der Waals surface area contributed by atoms with Gasteiger partial charge in [0, 0.05) is 55.9 Å². The van der Waals surface area contributed by atoms with Crippen LogP contribution < -0.4 is 10.6 Å². The number of benzene rings is 1. The summed E-state index contributed by atoms with van der Waals surface area (Å²) in [6.07, 6.45) is 5.31. The van der Waals surface area contributed by atoms with Gasteiger partial charge in [-0.2, -0.15) is 0 Å². The fraction of sp³-hybridized carbons (Fsp3) is 0.167. The molecule has 160 valence electrons. The van der Waals surface area contributed by atoms with Crippen LogP contribution in [0.1, 0.15) is 10.5 Å². The number of piperazine rings is 1. The molecule has 1 amide bonds. The van der Waals surface area contributed by atoms with Gasteiger partial charge < -0.3 is 20.5 Å². The Morgan fingerprint density at radius 1 is 0.938 bits per heavy atom. The molecule has 3 N–H and O–H groups in total. The quantitative estimate of drug-likeness (QED) is 0.521. The Labute approximate surface area is 185 Å². The minimum Gasteiger partial charge on any atom is -0.368 e. The summed E-state index contributed by atoms with van der Waals surface area (Å²) < 4.78 is 0. The third-order valence-corrected chi connectivity index (χ3v) is 5.62. The van der Waals surface area contributed by atoms with Gasteiger partial charge in [-0.05, 0) is 23.8 Å². The second-order valence-electron chi connectivity index (χ2n) is 7.63. The van der Waals surface area contributed by atoms with Crippen molar-refractivity contribution in [1.29, 1.82) is 0 Å². The molecule has 0 radical (unpaired) electrons. The molecule has 4 heterocycles. The number of amides is 1. The summed E-state index contributed by atoms with van der Waals surface area (Å²) in [6.45, 7) is 2.77. The predicted molar refractivity (Wildman–Crippen MR) is 124 cm³/mol. The van der Waals surface area contributed by atoms with Crippen molar-refractivity contribution in [2.24, 2.45) is 0 Å². The van der Waals surface area contributed by atoms with Gasteiger partial charge in [0.25, 0.3) is 5.91 Å². The van der Waals surface area contributed by atoms with Crippen LogP contribution in [0.25, 0.3) is 22.4 Å². The number of hydrogen-bond acceptors (Lipinski definition) is 6. The third-order valence-electron chi connectivity index (χ3n) is 5.62. The van der Waals surface area contributed by atoms with E-state index in [-0.39, 0.29) is 11.9 Å². The first-order valence-electron chi connectivity index (χ1n) is 10.5. The van der Waals surface area contributed by atoms with Crippen LogP contribution >= 0.6 is 0 Å². The van der Waals surface area contributed by atoms with Crippen molar-refractivity contribution < 1.29 is 4.79 Å².